The summed E-state index contributed by atoms with van der Waals surface area (Å²) in [7, 11) is 1.90. The normalized spacial score (nSPS) is 10.9. The Morgan fingerprint density at radius 1 is 1.27 bits per heavy atom. The minimum absolute atomic E-state index is 0.216. The van der Waals surface area contributed by atoms with Gasteiger partial charge in [-0.1, -0.05) is 25.1 Å². The molecule has 0 fully saturated rings. The first-order valence-corrected chi connectivity index (χ1v) is 8.67. The van der Waals surface area contributed by atoms with Crippen molar-refractivity contribution in [2.45, 2.75) is 27.3 Å². The zero-order valence-electron chi connectivity index (χ0n) is 15.6. The van der Waals surface area contributed by atoms with Gasteiger partial charge in [-0.25, -0.2) is 0 Å². The number of rotatable bonds is 6. The van der Waals surface area contributed by atoms with Gasteiger partial charge < -0.3 is 10.6 Å². The molecule has 3 aromatic rings. The molecule has 2 heterocycles. The number of hydrogen-bond acceptors (Lipinski definition) is 4. The summed E-state index contributed by atoms with van der Waals surface area (Å²) in [5.74, 6) is -0.216. The molecule has 0 bridgehead atoms. The average molecular weight is 352 g/mol. The maximum atomic E-state index is 12.6. The summed E-state index contributed by atoms with van der Waals surface area (Å²) in [5.41, 5.74) is 5.83. The fourth-order valence-corrected chi connectivity index (χ4v) is 2.96. The van der Waals surface area contributed by atoms with Crippen LogP contribution in [0, 0.1) is 13.8 Å². The van der Waals surface area contributed by atoms with Gasteiger partial charge in [0.1, 0.15) is 5.69 Å². The second-order valence-electron chi connectivity index (χ2n) is 6.23. The molecule has 0 unspecified atom stereocenters. The van der Waals surface area contributed by atoms with E-state index in [4.69, 9.17) is 0 Å². The first-order valence-electron chi connectivity index (χ1n) is 8.67. The van der Waals surface area contributed by atoms with Crippen LogP contribution in [0.5, 0.6) is 0 Å². The molecule has 3 rings (SSSR count). The Kier molecular flexibility index (Phi) is 5.18. The number of hydrogen-bond donors (Lipinski definition) is 3. The fraction of sp³-hybridized carbons (Fsp3) is 0.316. The average Bonchev–Trinajstić information content (AvgIpc) is 3.19. The molecule has 2 aromatic heterocycles. The number of benzene rings is 1. The summed E-state index contributed by atoms with van der Waals surface area (Å²) in [6, 6.07) is 9.53. The molecule has 0 spiro atoms. The number of aromatic nitrogens is 4. The fourth-order valence-electron chi connectivity index (χ4n) is 2.96. The van der Waals surface area contributed by atoms with Crippen molar-refractivity contribution in [1.82, 2.24) is 25.3 Å². The molecule has 1 aromatic carbocycles. The standard InChI is InChI=1S/C19H24N6O/c1-5-20-11-14-8-6-7-9-15(14)21-19(26)17-10-16(22-23-17)18-12(2)24-25(4)13(18)3/h6-10,20H,5,11H2,1-4H3,(H,21,26)(H,22,23). The van der Waals surface area contributed by atoms with Crippen molar-refractivity contribution < 1.29 is 4.79 Å². The third-order valence-electron chi connectivity index (χ3n) is 4.42. The van der Waals surface area contributed by atoms with Gasteiger partial charge in [0.15, 0.2) is 0 Å². The lowest BCUT2D eigenvalue weighted by atomic mass is 10.1. The number of para-hydroxylation sites is 1. The molecule has 0 saturated carbocycles. The van der Waals surface area contributed by atoms with Crippen molar-refractivity contribution in [1.29, 1.82) is 0 Å². The van der Waals surface area contributed by atoms with E-state index in [2.05, 4.69) is 32.9 Å². The number of carbonyl (C=O) groups excluding carboxylic acids is 1. The van der Waals surface area contributed by atoms with Crippen LogP contribution in [0.3, 0.4) is 0 Å². The van der Waals surface area contributed by atoms with Crippen molar-refractivity contribution in [2.75, 3.05) is 11.9 Å². The molecule has 7 heteroatoms. The number of aromatic amines is 1. The van der Waals surface area contributed by atoms with Crippen LogP contribution in [0.15, 0.2) is 30.3 Å². The van der Waals surface area contributed by atoms with E-state index in [9.17, 15) is 4.79 Å². The monoisotopic (exact) mass is 352 g/mol. The number of amides is 1. The molecule has 3 N–H and O–H groups in total. The highest BCUT2D eigenvalue weighted by molar-refractivity contribution is 6.03. The van der Waals surface area contributed by atoms with Crippen LogP contribution >= 0.6 is 0 Å². The molecule has 7 nitrogen and oxygen atoms in total. The molecule has 1 amide bonds. The zero-order chi connectivity index (χ0) is 18.7. The predicted octanol–water partition coefficient (Wildman–Crippen LogP) is 2.79. The number of aryl methyl sites for hydroxylation is 2. The first kappa shape index (κ1) is 17.9. The molecular formula is C19H24N6O. The molecule has 0 aliphatic carbocycles. The second kappa shape index (κ2) is 7.53. The molecule has 0 saturated heterocycles. The van der Waals surface area contributed by atoms with Crippen molar-refractivity contribution in [3.05, 3.63) is 53.0 Å². The Hall–Kier alpha value is -2.93. The highest BCUT2D eigenvalue weighted by Gasteiger charge is 2.17. The van der Waals surface area contributed by atoms with Crippen LogP contribution < -0.4 is 10.6 Å². The van der Waals surface area contributed by atoms with Crippen molar-refractivity contribution in [3.8, 4) is 11.3 Å². The van der Waals surface area contributed by atoms with E-state index in [1.807, 2.05) is 49.8 Å². The van der Waals surface area contributed by atoms with Gasteiger partial charge in [0, 0.05) is 30.5 Å². The SMILES string of the molecule is CCNCc1ccccc1NC(=O)c1cc(-c2c(C)nn(C)c2C)n[nH]1. The number of H-pyrrole nitrogens is 1. The molecule has 0 atom stereocenters. The Bertz CT molecular complexity index is 924. The lowest BCUT2D eigenvalue weighted by Gasteiger charge is -2.10. The number of carbonyl (C=O) groups is 1. The summed E-state index contributed by atoms with van der Waals surface area (Å²) in [4.78, 5) is 12.6. The van der Waals surface area contributed by atoms with E-state index in [0.717, 1.165) is 40.4 Å². The van der Waals surface area contributed by atoms with E-state index >= 15 is 0 Å². The molecule has 0 radical (unpaired) electrons. The van der Waals surface area contributed by atoms with Crippen molar-refractivity contribution >= 4 is 11.6 Å². The predicted molar refractivity (Wildman–Crippen MR) is 102 cm³/mol. The van der Waals surface area contributed by atoms with Gasteiger partial charge >= 0.3 is 0 Å². The molecule has 136 valence electrons. The van der Waals surface area contributed by atoms with Crippen LogP contribution in [-0.2, 0) is 13.6 Å². The lowest BCUT2D eigenvalue weighted by molar-refractivity contribution is 0.102. The zero-order valence-corrected chi connectivity index (χ0v) is 15.6. The van der Waals surface area contributed by atoms with Gasteiger partial charge in [0.05, 0.1) is 11.4 Å². The van der Waals surface area contributed by atoms with E-state index in [1.165, 1.54) is 0 Å². The van der Waals surface area contributed by atoms with Crippen LogP contribution in [0.1, 0.15) is 34.4 Å². The van der Waals surface area contributed by atoms with Crippen molar-refractivity contribution in [3.63, 3.8) is 0 Å². The van der Waals surface area contributed by atoms with Gasteiger partial charge in [-0.3, -0.25) is 14.6 Å². The third kappa shape index (κ3) is 3.52. The summed E-state index contributed by atoms with van der Waals surface area (Å²) in [5, 5.41) is 17.8. The molecule has 0 aliphatic rings. The van der Waals surface area contributed by atoms with Crippen LogP contribution in [0.25, 0.3) is 11.3 Å². The summed E-state index contributed by atoms with van der Waals surface area (Å²) < 4.78 is 1.82. The van der Waals surface area contributed by atoms with E-state index in [-0.39, 0.29) is 5.91 Å². The van der Waals surface area contributed by atoms with E-state index in [1.54, 1.807) is 6.07 Å². The van der Waals surface area contributed by atoms with E-state index in [0.29, 0.717) is 12.2 Å². The second-order valence-corrected chi connectivity index (χ2v) is 6.23. The van der Waals surface area contributed by atoms with Crippen LogP contribution in [0.2, 0.25) is 0 Å². The number of anilines is 1. The Balaban J connectivity index is 1.81. The molecule has 26 heavy (non-hydrogen) atoms. The highest BCUT2D eigenvalue weighted by atomic mass is 16.1. The Morgan fingerprint density at radius 2 is 2.04 bits per heavy atom. The molecule has 0 aliphatic heterocycles. The summed E-state index contributed by atoms with van der Waals surface area (Å²) >= 11 is 0. The minimum atomic E-state index is -0.216. The van der Waals surface area contributed by atoms with Gasteiger partial charge in [-0.05, 0) is 38.1 Å². The van der Waals surface area contributed by atoms with Crippen molar-refractivity contribution in [2.24, 2.45) is 7.05 Å². The van der Waals surface area contributed by atoms with Crippen LogP contribution in [0.4, 0.5) is 5.69 Å². The summed E-state index contributed by atoms with van der Waals surface area (Å²) in [6.07, 6.45) is 0. The quantitative estimate of drug-likeness (QED) is 0.636. The van der Waals surface area contributed by atoms with Gasteiger partial charge in [-0.2, -0.15) is 10.2 Å². The topological polar surface area (TPSA) is 87.6 Å². The van der Waals surface area contributed by atoms with Gasteiger partial charge in [-0.15, -0.1) is 0 Å². The number of nitrogens with zero attached hydrogens (tertiary/aromatic N) is 3. The van der Waals surface area contributed by atoms with Crippen LogP contribution in [-0.4, -0.2) is 32.4 Å². The minimum Gasteiger partial charge on any atom is -0.320 e. The number of nitrogens with one attached hydrogen (secondary N) is 3. The van der Waals surface area contributed by atoms with Gasteiger partial charge in [0.2, 0.25) is 0 Å². The smallest absolute Gasteiger partial charge is 0.273 e. The maximum absolute atomic E-state index is 12.6. The van der Waals surface area contributed by atoms with E-state index < -0.39 is 0 Å². The Labute approximate surface area is 152 Å². The summed E-state index contributed by atoms with van der Waals surface area (Å²) in [6.45, 7) is 7.55. The van der Waals surface area contributed by atoms with Gasteiger partial charge in [0.25, 0.3) is 5.91 Å². The largest absolute Gasteiger partial charge is 0.320 e. The highest BCUT2D eigenvalue weighted by Crippen LogP contribution is 2.25. The first-order chi connectivity index (χ1) is 12.5. The molecular weight excluding hydrogens is 328 g/mol. The maximum Gasteiger partial charge on any atom is 0.273 e. The third-order valence-corrected chi connectivity index (χ3v) is 4.42. The lowest BCUT2D eigenvalue weighted by Crippen LogP contribution is -2.17. The Morgan fingerprint density at radius 3 is 2.73 bits per heavy atom.